The number of ether oxygens (including phenoxy) is 1. The van der Waals surface area contributed by atoms with Crippen LogP contribution in [-0.2, 0) is 0 Å². The summed E-state index contributed by atoms with van der Waals surface area (Å²) in [6.07, 6.45) is 1.38. The van der Waals surface area contributed by atoms with Crippen LogP contribution in [0, 0.1) is 15.5 Å². The molecule has 0 radical (unpaired) electrons. The van der Waals surface area contributed by atoms with Crippen molar-refractivity contribution in [3.05, 3.63) is 50.7 Å². The van der Waals surface area contributed by atoms with Crippen molar-refractivity contribution in [3.63, 3.8) is 0 Å². The van der Waals surface area contributed by atoms with E-state index >= 15 is 0 Å². The summed E-state index contributed by atoms with van der Waals surface area (Å²) in [4.78, 5) is 18.0. The van der Waals surface area contributed by atoms with Gasteiger partial charge in [-0.2, -0.15) is 4.98 Å². The van der Waals surface area contributed by atoms with Crippen molar-refractivity contribution in [1.29, 1.82) is 5.41 Å². The van der Waals surface area contributed by atoms with Crippen molar-refractivity contribution >= 4 is 27.5 Å². The lowest BCUT2D eigenvalue weighted by molar-refractivity contribution is -0.385. The largest absolute Gasteiger partial charge is 0.424 e. The zero-order valence-corrected chi connectivity index (χ0v) is 11.5. The van der Waals surface area contributed by atoms with Gasteiger partial charge in [-0.25, -0.2) is 4.98 Å². The van der Waals surface area contributed by atoms with Crippen molar-refractivity contribution in [3.8, 4) is 11.8 Å². The molecular formula is C11H8BrN5O3. The Balaban J connectivity index is 2.32. The fourth-order valence-electron chi connectivity index (χ4n) is 1.36. The van der Waals surface area contributed by atoms with Gasteiger partial charge in [0.1, 0.15) is 17.3 Å². The molecule has 8 nitrogen and oxygen atoms in total. The van der Waals surface area contributed by atoms with E-state index in [4.69, 9.17) is 15.9 Å². The fraction of sp³-hybridized carbons (Fsp3) is 0. The number of benzene rings is 1. The van der Waals surface area contributed by atoms with Gasteiger partial charge >= 0.3 is 6.01 Å². The number of aromatic nitrogens is 2. The highest BCUT2D eigenvalue weighted by molar-refractivity contribution is 9.10. The first-order chi connectivity index (χ1) is 9.45. The van der Waals surface area contributed by atoms with Crippen LogP contribution in [0.25, 0.3) is 0 Å². The van der Waals surface area contributed by atoms with Gasteiger partial charge in [-0.15, -0.1) is 0 Å². The first-order valence-electron chi connectivity index (χ1n) is 5.26. The van der Waals surface area contributed by atoms with Crippen LogP contribution in [0.1, 0.15) is 5.69 Å². The second kappa shape index (κ2) is 5.61. The lowest BCUT2D eigenvalue weighted by atomic mass is 10.3. The van der Waals surface area contributed by atoms with Crippen LogP contribution in [0.3, 0.4) is 0 Å². The van der Waals surface area contributed by atoms with Crippen molar-refractivity contribution in [1.82, 2.24) is 9.97 Å². The molecule has 1 heterocycles. The maximum absolute atomic E-state index is 10.8. The molecule has 9 heteroatoms. The van der Waals surface area contributed by atoms with Gasteiger partial charge < -0.3 is 10.5 Å². The van der Waals surface area contributed by atoms with Crippen LogP contribution in [0.4, 0.5) is 5.69 Å². The van der Waals surface area contributed by atoms with Crippen LogP contribution in [0.2, 0.25) is 0 Å². The number of nitrogens with one attached hydrogen (secondary N) is 1. The number of halogens is 1. The lowest BCUT2D eigenvalue weighted by Crippen LogP contribution is -2.13. The number of nitrogens with two attached hydrogens (primary N) is 1. The molecule has 0 unspecified atom stereocenters. The maximum atomic E-state index is 10.8. The van der Waals surface area contributed by atoms with Gasteiger partial charge in [0.05, 0.1) is 11.0 Å². The highest BCUT2D eigenvalue weighted by Gasteiger charge is 2.11. The number of nitrogen functional groups attached to an aromatic ring is 1. The van der Waals surface area contributed by atoms with E-state index in [9.17, 15) is 10.1 Å². The summed E-state index contributed by atoms with van der Waals surface area (Å²) in [5.41, 5.74) is 5.38. The number of hydrogen-bond acceptors (Lipinski definition) is 6. The molecule has 0 saturated carbocycles. The summed E-state index contributed by atoms with van der Waals surface area (Å²) in [6, 6.07) is 5.54. The molecule has 102 valence electrons. The summed E-state index contributed by atoms with van der Waals surface area (Å²) in [5, 5.41) is 18.0. The molecular weight excluding hydrogens is 330 g/mol. The van der Waals surface area contributed by atoms with Crippen molar-refractivity contribution in [2.75, 3.05) is 0 Å². The molecule has 0 spiro atoms. The lowest BCUT2D eigenvalue weighted by Gasteiger charge is -2.05. The van der Waals surface area contributed by atoms with E-state index in [1.165, 1.54) is 30.5 Å². The van der Waals surface area contributed by atoms with Crippen molar-refractivity contribution in [2.24, 2.45) is 5.73 Å². The summed E-state index contributed by atoms with van der Waals surface area (Å²) < 4.78 is 5.82. The molecule has 0 amide bonds. The van der Waals surface area contributed by atoms with Gasteiger partial charge in [-0.1, -0.05) is 15.9 Å². The van der Waals surface area contributed by atoms with Crippen molar-refractivity contribution < 1.29 is 9.66 Å². The van der Waals surface area contributed by atoms with Crippen LogP contribution >= 0.6 is 15.9 Å². The van der Waals surface area contributed by atoms with E-state index in [1.807, 2.05) is 0 Å². The van der Waals surface area contributed by atoms with Gasteiger partial charge in [0.25, 0.3) is 5.69 Å². The molecule has 2 rings (SSSR count). The quantitative estimate of drug-likeness (QED) is 0.381. The number of nitrogens with zero attached hydrogens (tertiary/aromatic N) is 3. The number of hydrogen-bond donors (Lipinski definition) is 2. The molecule has 20 heavy (non-hydrogen) atoms. The first kappa shape index (κ1) is 13.9. The molecule has 2 aromatic rings. The van der Waals surface area contributed by atoms with E-state index in [2.05, 4.69) is 25.9 Å². The van der Waals surface area contributed by atoms with E-state index in [0.29, 0.717) is 4.47 Å². The Hall–Kier alpha value is -2.55. The third kappa shape index (κ3) is 3.26. The van der Waals surface area contributed by atoms with Crippen LogP contribution in [-0.4, -0.2) is 20.7 Å². The van der Waals surface area contributed by atoms with E-state index in [0.717, 1.165) is 0 Å². The van der Waals surface area contributed by atoms with Crippen LogP contribution in [0.15, 0.2) is 34.9 Å². The van der Waals surface area contributed by atoms with Crippen LogP contribution in [0.5, 0.6) is 11.8 Å². The summed E-state index contributed by atoms with van der Waals surface area (Å²) >= 11 is 3.15. The van der Waals surface area contributed by atoms with E-state index < -0.39 is 4.92 Å². The number of non-ortho nitro benzene ring substituents is 1. The Kier molecular flexibility index (Phi) is 3.89. The summed E-state index contributed by atoms with van der Waals surface area (Å²) in [7, 11) is 0. The number of rotatable bonds is 4. The van der Waals surface area contributed by atoms with E-state index in [-0.39, 0.29) is 29.0 Å². The molecule has 1 aromatic heterocycles. The monoisotopic (exact) mass is 337 g/mol. The molecule has 0 saturated heterocycles. The maximum Gasteiger partial charge on any atom is 0.322 e. The molecule has 3 N–H and O–H groups in total. The second-order valence-electron chi connectivity index (χ2n) is 3.64. The minimum Gasteiger partial charge on any atom is -0.424 e. The number of nitro benzene ring substituents is 1. The number of amidine groups is 1. The Labute approximate surface area is 121 Å². The highest BCUT2D eigenvalue weighted by Crippen LogP contribution is 2.28. The predicted molar refractivity (Wildman–Crippen MR) is 73.9 cm³/mol. The highest BCUT2D eigenvalue weighted by atomic mass is 79.9. The SMILES string of the molecule is N=C(N)c1ccnc(Oc2cc(Br)cc([N+](=O)[O-])c2)n1. The fourth-order valence-corrected chi connectivity index (χ4v) is 1.82. The molecule has 0 aliphatic heterocycles. The Morgan fingerprint density at radius 2 is 2.20 bits per heavy atom. The Bertz CT molecular complexity index is 692. The summed E-state index contributed by atoms with van der Waals surface area (Å²) in [5.74, 6) is -0.0238. The normalized spacial score (nSPS) is 10.1. The van der Waals surface area contributed by atoms with Crippen LogP contribution < -0.4 is 10.5 Å². The predicted octanol–water partition coefficient (Wildman–Crippen LogP) is 2.22. The van der Waals surface area contributed by atoms with Crippen molar-refractivity contribution in [2.45, 2.75) is 0 Å². The minimum absolute atomic E-state index is 0.0508. The zero-order chi connectivity index (χ0) is 14.7. The topological polar surface area (TPSA) is 128 Å². The zero-order valence-electron chi connectivity index (χ0n) is 9.91. The standard InChI is InChI=1S/C11H8BrN5O3/c12-6-3-7(17(18)19)5-8(4-6)20-11-15-2-1-9(16-11)10(13)14/h1-5H,(H3,13,14). The van der Waals surface area contributed by atoms with Gasteiger partial charge in [0.2, 0.25) is 0 Å². The number of nitro groups is 1. The average molecular weight is 338 g/mol. The summed E-state index contributed by atoms with van der Waals surface area (Å²) in [6.45, 7) is 0. The molecule has 0 atom stereocenters. The van der Waals surface area contributed by atoms with Gasteiger partial charge in [-0.3, -0.25) is 15.5 Å². The van der Waals surface area contributed by atoms with Gasteiger partial charge in [0, 0.05) is 16.7 Å². The molecule has 0 aliphatic carbocycles. The minimum atomic E-state index is -0.537. The smallest absolute Gasteiger partial charge is 0.322 e. The molecule has 1 aromatic carbocycles. The third-order valence-corrected chi connectivity index (χ3v) is 2.64. The second-order valence-corrected chi connectivity index (χ2v) is 4.56. The average Bonchev–Trinajstić information content (AvgIpc) is 2.38. The van der Waals surface area contributed by atoms with Gasteiger partial charge in [0.15, 0.2) is 0 Å². The van der Waals surface area contributed by atoms with Gasteiger partial charge in [-0.05, 0) is 12.1 Å². The Morgan fingerprint density at radius 1 is 1.45 bits per heavy atom. The molecule has 0 fully saturated rings. The molecule has 0 bridgehead atoms. The third-order valence-electron chi connectivity index (χ3n) is 2.19. The first-order valence-corrected chi connectivity index (χ1v) is 6.05. The Morgan fingerprint density at radius 3 is 2.85 bits per heavy atom. The van der Waals surface area contributed by atoms with E-state index in [1.54, 1.807) is 0 Å². The molecule has 0 aliphatic rings.